The van der Waals surface area contributed by atoms with Crippen molar-refractivity contribution in [2.45, 2.75) is 6.92 Å². The average Bonchev–Trinajstić information content (AvgIpc) is 2.47. The van der Waals surface area contributed by atoms with Crippen LogP contribution < -0.4 is 10.1 Å². The highest BCUT2D eigenvalue weighted by Crippen LogP contribution is 2.25. The SMILES string of the molecule is COc1ccc(C)cc1NC(=O)c1ncccc1C(=O)O. The van der Waals surface area contributed by atoms with Gasteiger partial charge in [0.25, 0.3) is 5.91 Å². The van der Waals surface area contributed by atoms with Gasteiger partial charge in [-0.3, -0.25) is 9.78 Å². The first kappa shape index (κ1) is 14.5. The molecule has 1 amide bonds. The summed E-state index contributed by atoms with van der Waals surface area (Å²) in [5.41, 5.74) is 1.10. The molecule has 21 heavy (non-hydrogen) atoms. The number of benzene rings is 1. The predicted molar refractivity (Wildman–Crippen MR) is 76.9 cm³/mol. The number of aryl methyl sites for hydroxylation is 1. The molecule has 0 bridgehead atoms. The molecule has 0 saturated carbocycles. The summed E-state index contributed by atoms with van der Waals surface area (Å²) in [5.74, 6) is -1.32. The number of nitrogens with zero attached hydrogens (tertiary/aromatic N) is 1. The Morgan fingerprint density at radius 3 is 2.71 bits per heavy atom. The molecule has 0 aliphatic heterocycles. The molecule has 1 aromatic heterocycles. The van der Waals surface area contributed by atoms with Crippen LogP contribution in [-0.2, 0) is 0 Å². The van der Waals surface area contributed by atoms with E-state index in [1.165, 1.54) is 25.4 Å². The Kier molecular flexibility index (Phi) is 4.18. The molecule has 0 fully saturated rings. The molecule has 0 radical (unpaired) electrons. The standard InChI is InChI=1S/C15H14N2O4/c1-9-5-6-12(21-2)11(8-9)17-14(18)13-10(15(19)20)4-3-7-16-13/h3-8H,1-2H3,(H,17,18)(H,19,20). The van der Waals surface area contributed by atoms with E-state index in [0.717, 1.165) is 5.56 Å². The number of hydrogen-bond donors (Lipinski definition) is 2. The minimum Gasteiger partial charge on any atom is -0.495 e. The lowest BCUT2D eigenvalue weighted by Gasteiger charge is -2.11. The summed E-state index contributed by atoms with van der Waals surface area (Å²) in [4.78, 5) is 27.2. The number of ether oxygens (including phenoxy) is 1. The van der Waals surface area contributed by atoms with Crippen molar-refractivity contribution in [2.75, 3.05) is 12.4 Å². The number of carbonyl (C=O) groups excluding carboxylic acids is 1. The van der Waals surface area contributed by atoms with Crippen LogP contribution >= 0.6 is 0 Å². The molecular formula is C15H14N2O4. The van der Waals surface area contributed by atoms with Gasteiger partial charge < -0.3 is 15.2 Å². The van der Waals surface area contributed by atoms with E-state index in [9.17, 15) is 9.59 Å². The monoisotopic (exact) mass is 286 g/mol. The Morgan fingerprint density at radius 2 is 2.05 bits per heavy atom. The maximum Gasteiger partial charge on any atom is 0.338 e. The number of pyridine rings is 1. The number of rotatable bonds is 4. The second-order valence-corrected chi connectivity index (χ2v) is 4.36. The maximum atomic E-state index is 12.2. The number of carboxylic acids is 1. The van der Waals surface area contributed by atoms with E-state index >= 15 is 0 Å². The van der Waals surface area contributed by atoms with Crippen molar-refractivity contribution < 1.29 is 19.4 Å². The van der Waals surface area contributed by atoms with Crippen LogP contribution in [0.5, 0.6) is 5.75 Å². The lowest BCUT2D eigenvalue weighted by Crippen LogP contribution is -2.18. The molecule has 0 unspecified atom stereocenters. The number of aromatic nitrogens is 1. The minimum atomic E-state index is -1.20. The van der Waals surface area contributed by atoms with Crippen molar-refractivity contribution in [3.05, 3.63) is 53.3 Å². The third kappa shape index (κ3) is 3.17. The van der Waals surface area contributed by atoms with Gasteiger partial charge in [0.1, 0.15) is 11.4 Å². The zero-order chi connectivity index (χ0) is 15.4. The van der Waals surface area contributed by atoms with Gasteiger partial charge in [0, 0.05) is 6.20 Å². The Hall–Kier alpha value is -2.89. The molecule has 6 heteroatoms. The maximum absolute atomic E-state index is 12.2. The van der Waals surface area contributed by atoms with E-state index in [2.05, 4.69) is 10.3 Å². The Balaban J connectivity index is 2.35. The molecule has 0 atom stereocenters. The second-order valence-electron chi connectivity index (χ2n) is 4.36. The van der Waals surface area contributed by atoms with Gasteiger partial charge in [-0.2, -0.15) is 0 Å². The Morgan fingerprint density at radius 1 is 1.29 bits per heavy atom. The third-order valence-corrected chi connectivity index (χ3v) is 2.86. The van der Waals surface area contributed by atoms with Crippen LogP contribution in [0.1, 0.15) is 26.4 Å². The zero-order valence-electron chi connectivity index (χ0n) is 11.6. The van der Waals surface area contributed by atoms with Gasteiger partial charge in [-0.25, -0.2) is 4.79 Å². The first-order valence-electron chi connectivity index (χ1n) is 6.17. The summed E-state index contributed by atoms with van der Waals surface area (Å²) in [6.07, 6.45) is 1.37. The summed E-state index contributed by atoms with van der Waals surface area (Å²) < 4.78 is 5.16. The summed E-state index contributed by atoms with van der Waals surface area (Å²) in [7, 11) is 1.49. The fraction of sp³-hybridized carbons (Fsp3) is 0.133. The normalized spacial score (nSPS) is 10.0. The van der Waals surface area contributed by atoms with E-state index in [0.29, 0.717) is 11.4 Å². The van der Waals surface area contributed by atoms with Crippen LogP contribution in [0.25, 0.3) is 0 Å². The summed E-state index contributed by atoms with van der Waals surface area (Å²) in [5, 5.41) is 11.7. The third-order valence-electron chi connectivity index (χ3n) is 2.86. The first-order chi connectivity index (χ1) is 10.0. The van der Waals surface area contributed by atoms with E-state index in [1.807, 2.05) is 13.0 Å². The van der Waals surface area contributed by atoms with Crippen molar-refractivity contribution in [1.29, 1.82) is 0 Å². The number of anilines is 1. The van der Waals surface area contributed by atoms with Gasteiger partial charge in [0.2, 0.25) is 0 Å². The fourth-order valence-corrected chi connectivity index (χ4v) is 1.86. The number of methoxy groups -OCH3 is 1. The average molecular weight is 286 g/mol. The molecular weight excluding hydrogens is 272 g/mol. The van der Waals surface area contributed by atoms with Crippen LogP contribution in [0.15, 0.2) is 36.5 Å². The van der Waals surface area contributed by atoms with Crippen LogP contribution in [0, 0.1) is 6.92 Å². The highest BCUT2D eigenvalue weighted by molar-refractivity contribution is 6.09. The number of carboxylic acid groups (broad SMARTS) is 1. The summed E-state index contributed by atoms with van der Waals surface area (Å²) >= 11 is 0. The summed E-state index contributed by atoms with van der Waals surface area (Å²) in [6, 6.07) is 8.10. The van der Waals surface area contributed by atoms with Crippen LogP contribution in [0.2, 0.25) is 0 Å². The number of hydrogen-bond acceptors (Lipinski definition) is 4. The summed E-state index contributed by atoms with van der Waals surface area (Å²) in [6.45, 7) is 1.87. The van der Waals surface area contributed by atoms with E-state index in [1.54, 1.807) is 12.1 Å². The molecule has 2 N–H and O–H groups in total. The van der Waals surface area contributed by atoms with Crippen molar-refractivity contribution in [3.63, 3.8) is 0 Å². The minimum absolute atomic E-state index is 0.145. The van der Waals surface area contributed by atoms with Gasteiger partial charge >= 0.3 is 5.97 Å². The number of aromatic carboxylic acids is 1. The highest BCUT2D eigenvalue weighted by atomic mass is 16.5. The van der Waals surface area contributed by atoms with Gasteiger partial charge in [0.05, 0.1) is 18.4 Å². The van der Waals surface area contributed by atoms with E-state index in [4.69, 9.17) is 9.84 Å². The quantitative estimate of drug-likeness (QED) is 0.900. The lowest BCUT2D eigenvalue weighted by molar-refractivity contribution is 0.0691. The topological polar surface area (TPSA) is 88.5 Å². The van der Waals surface area contributed by atoms with Crippen LogP contribution in [0.4, 0.5) is 5.69 Å². The second kappa shape index (κ2) is 6.04. The van der Waals surface area contributed by atoms with Crippen molar-refractivity contribution in [2.24, 2.45) is 0 Å². The van der Waals surface area contributed by atoms with Crippen molar-refractivity contribution >= 4 is 17.6 Å². The van der Waals surface area contributed by atoms with Crippen LogP contribution in [-0.4, -0.2) is 29.1 Å². The Labute approximate surface area is 121 Å². The molecule has 1 heterocycles. The van der Waals surface area contributed by atoms with Crippen LogP contribution in [0.3, 0.4) is 0 Å². The molecule has 2 aromatic rings. The Bertz CT molecular complexity index is 698. The highest BCUT2D eigenvalue weighted by Gasteiger charge is 2.18. The molecule has 0 aliphatic carbocycles. The molecule has 0 aliphatic rings. The van der Waals surface area contributed by atoms with E-state index in [-0.39, 0.29) is 11.3 Å². The fourth-order valence-electron chi connectivity index (χ4n) is 1.86. The molecule has 0 saturated heterocycles. The molecule has 2 rings (SSSR count). The number of carbonyl (C=O) groups is 2. The van der Waals surface area contributed by atoms with Gasteiger partial charge in [-0.1, -0.05) is 6.07 Å². The van der Waals surface area contributed by atoms with Gasteiger partial charge in [-0.15, -0.1) is 0 Å². The zero-order valence-corrected chi connectivity index (χ0v) is 11.6. The molecule has 108 valence electrons. The number of amides is 1. The first-order valence-corrected chi connectivity index (χ1v) is 6.17. The van der Waals surface area contributed by atoms with Gasteiger partial charge in [0.15, 0.2) is 0 Å². The molecule has 6 nitrogen and oxygen atoms in total. The molecule has 1 aromatic carbocycles. The lowest BCUT2D eigenvalue weighted by atomic mass is 10.1. The van der Waals surface area contributed by atoms with Gasteiger partial charge in [-0.05, 0) is 36.8 Å². The van der Waals surface area contributed by atoms with Crippen molar-refractivity contribution in [3.8, 4) is 5.75 Å². The predicted octanol–water partition coefficient (Wildman–Crippen LogP) is 2.35. The smallest absolute Gasteiger partial charge is 0.338 e. The van der Waals surface area contributed by atoms with E-state index < -0.39 is 11.9 Å². The number of nitrogens with one attached hydrogen (secondary N) is 1. The molecule has 0 spiro atoms. The largest absolute Gasteiger partial charge is 0.495 e. The van der Waals surface area contributed by atoms with Crippen molar-refractivity contribution in [1.82, 2.24) is 4.98 Å².